The lowest BCUT2D eigenvalue weighted by atomic mass is 10.1. The highest BCUT2D eigenvalue weighted by molar-refractivity contribution is 5.53. The Balaban J connectivity index is 2.25. The maximum atomic E-state index is 5.47. The normalized spacial score (nSPS) is 20.5. The molecule has 1 aromatic rings. The maximum absolute atomic E-state index is 5.47. The van der Waals surface area contributed by atoms with Crippen molar-refractivity contribution in [3.8, 4) is 5.75 Å². The predicted octanol–water partition coefficient (Wildman–Crippen LogP) is 2.32. The quantitative estimate of drug-likeness (QED) is 0.837. The summed E-state index contributed by atoms with van der Waals surface area (Å²) >= 11 is 0. The van der Waals surface area contributed by atoms with Gasteiger partial charge in [-0.15, -0.1) is 0 Å². The summed E-state index contributed by atoms with van der Waals surface area (Å²) in [5.74, 6) is 1.88. The predicted molar refractivity (Wildman–Crippen MR) is 79.1 cm³/mol. The zero-order valence-corrected chi connectivity index (χ0v) is 12.5. The first-order valence-corrected chi connectivity index (χ1v) is 7.05. The molecule has 19 heavy (non-hydrogen) atoms. The molecular formula is C15H25N3O. The van der Waals surface area contributed by atoms with Crippen LogP contribution < -0.4 is 9.64 Å². The SMILES string of the molecule is COc1ccc(C)nc1N1CCCCC(N(C)C)C1. The standard InChI is InChI=1S/C15H25N3O/c1-12-8-9-14(19-4)15(16-12)18-10-6-5-7-13(11-18)17(2)3/h8-9,13H,5-7,10-11H2,1-4H3. The highest BCUT2D eigenvalue weighted by atomic mass is 16.5. The van der Waals surface area contributed by atoms with Gasteiger partial charge in [0, 0.05) is 24.8 Å². The number of aromatic nitrogens is 1. The molecule has 0 aliphatic carbocycles. The second-order valence-corrected chi connectivity index (χ2v) is 5.54. The maximum Gasteiger partial charge on any atom is 0.171 e. The van der Waals surface area contributed by atoms with E-state index in [4.69, 9.17) is 4.74 Å². The number of rotatable bonds is 3. The third-order valence-electron chi connectivity index (χ3n) is 3.87. The summed E-state index contributed by atoms with van der Waals surface area (Å²) in [5, 5.41) is 0. The minimum atomic E-state index is 0.592. The molecule has 0 amide bonds. The fraction of sp³-hybridized carbons (Fsp3) is 0.667. The van der Waals surface area contributed by atoms with Gasteiger partial charge in [-0.25, -0.2) is 4.98 Å². The number of ether oxygens (including phenoxy) is 1. The first-order valence-electron chi connectivity index (χ1n) is 7.05. The van der Waals surface area contributed by atoms with Gasteiger partial charge in [-0.3, -0.25) is 0 Å². The molecule has 0 radical (unpaired) electrons. The van der Waals surface area contributed by atoms with Gasteiger partial charge in [0.2, 0.25) is 0 Å². The van der Waals surface area contributed by atoms with Gasteiger partial charge in [0.05, 0.1) is 7.11 Å². The van der Waals surface area contributed by atoms with Crippen LogP contribution in [0.4, 0.5) is 5.82 Å². The number of hydrogen-bond acceptors (Lipinski definition) is 4. The van der Waals surface area contributed by atoms with Gasteiger partial charge in [-0.2, -0.15) is 0 Å². The molecule has 0 bridgehead atoms. The second-order valence-electron chi connectivity index (χ2n) is 5.54. The summed E-state index contributed by atoms with van der Waals surface area (Å²) < 4.78 is 5.47. The average molecular weight is 263 g/mol. The number of aryl methyl sites for hydroxylation is 1. The van der Waals surface area contributed by atoms with Crippen molar-refractivity contribution in [3.05, 3.63) is 17.8 Å². The molecule has 1 aliphatic rings. The molecule has 1 fully saturated rings. The molecule has 4 nitrogen and oxygen atoms in total. The van der Waals surface area contributed by atoms with Crippen LogP contribution in [0.1, 0.15) is 25.0 Å². The Morgan fingerprint density at radius 2 is 2.11 bits per heavy atom. The molecule has 2 heterocycles. The van der Waals surface area contributed by atoms with Crippen LogP contribution >= 0.6 is 0 Å². The third kappa shape index (κ3) is 3.38. The van der Waals surface area contributed by atoms with Crippen LogP contribution in [0.15, 0.2) is 12.1 Å². The molecule has 0 aromatic carbocycles. The Morgan fingerprint density at radius 1 is 1.32 bits per heavy atom. The molecule has 1 atom stereocenters. The number of likely N-dealkylation sites (N-methyl/N-ethyl adjacent to an activating group) is 1. The van der Waals surface area contributed by atoms with E-state index in [-0.39, 0.29) is 0 Å². The van der Waals surface area contributed by atoms with E-state index in [0.717, 1.165) is 30.4 Å². The Morgan fingerprint density at radius 3 is 2.79 bits per heavy atom. The van der Waals surface area contributed by atoms with Crippen LogP contribution in [0.25, 0.3) is 0 Å². The van der Waals surface area contributed by atoms with Crippen LogP contribution in [-0.4, -0.2) is 50.2 Å². The highest BCUT2D eigenvalue weighted by Crippen LogP contribution is 2.28. The summed E-state index contributed by atoms with van der Waals surface area (Å²) in [6.07, 6.45) is 3.77. The Bertz CT molecular complexity index is 420. The molecule has 1 aromatic heterocycles. The van der Waals surface area contributed by atoms with Gasteiger partial charge < -0.3 is 14.5 Å². The molecule has 0 saturated carbocycles. The van der Waals surface area contributed by atoms with Crippen LogP contribution in [0.5, 0.6) is 5.75 Å². The van der Waals surface area contributed by atoms with E-state index < -0.39 is 0 Å². The summed E-state index contributed by atoms with van der Waals surface area (Å²) in [7, 11) is 6.04. The minimum Gasteiger partial charge on any atom is -0.493 e. The van der Waals surface area contributed by atoms with E-state index in [1.807, 2.05) is 19.1 Å². The number of nitrogens with zero attached hydrogens (tertiary/aromatic N) is 3. The van der Waals surface area contributed by atoms with E-state index >= 15 is 0 Å². The minimum absolute atomic E-state index is 0.592. The molecular weight excluding hydrogens is 238 g/mol. The largest absolute Gasteiger partial charge is 0.493 e. The lowest BCUT2D eigenvalue weighted by molar-refractivity contribution is 0.285. The molecule has 0 N–H and O–H groups in total. The first kappa shape index (κ1) is 14.1. The lowest BCUT2D eigenvalue weighted by Gasteiger charge is -2.30. The number of anilines is 1. The van der Waals surface area contributed by atoms with Crippen LogP contribution in [0.3, 0.4) is 0 Å². The Kier molecular flexibility index (Phi) is 4.64. The highest BCUT2D eigenvalue weighted by Gasteiger charge is 2.22. The monoisotopic (exact) mass is 263 g/mol. The topological polar surface area (TPSA) is 28.6 Å². The summed E-state index contributed by atoms with van der Waals surface area (Å²) in [4.78, 5) is 9.38. The van der Waals surface area contributed by atoms with Crippen molar-refractivity contribution < 1.29 is 4.74 Å². The zero-order chi connectivity index (χ0) is 13.8. The molecule has 1 saturated heterocycles. The van der Waals surface area contributed by atoms with Crippen molar-refractivity contribution in [1.82, 2.24) is 9.88 Å². The fourth-order valence-corrected chi connectivity index (χ4v) is 2.65. The molecule has 0 spiro atoms. The van der Waals surface area contributed by atoms with Crippen LogP contribution in [0, 0.1) is 6.92 Å². The first-order chi connectivity index (χ1) is 9.11. The summed E-state index contributed by atoms with van der Waals surface area (Å²) in [6.45, 7) is 4.13. The van der Waals surface area contributed by atoms with Gasteiger partial charge >= 0.3 is 0 Å². The van der Waals surface area contributed by atoms with Crippen molar-refractivity contribution in [1.29, 1.82) is 0 Å². The van der Waals surface area contributed by atoms with E-state index in [2.05, 4.69) is 28.9 Å². The second kappa shape index (κ2) is 6.24. The molecule has 1 aliphatic heterocycles. The van der Waals surface area contributed by atoms with Gasteiger partial charge in [-0.1, -0.05) is 6.42 Å². The van der Waals surface area contributed by atoms with E-state index in [0.29, 0.717) is 6.04 Å². The van der Waals surface area contributed by atoms with Crippen molar-refractivity contribution in [2.75, 3.05) is 39.2 Å². The van der Waals surface area contributed by atoms with Gasteiger partial charge in [-0.05, 0) is 46.0 Å². The lowest BCUT2D eigenvalue weighted by Crippen LogP contribution is -2.39. The molecule has 2 rings (SSSR count). The van der Waals surface area contributed by atoms with Crippen LogP contribution in [-0.2, 0) is 0 Å². The van der Waals surface area contributed by atoms with E-state index in [1.165, 1.54) is 19.3 Å². The fourth-order valence-electron chi connectivity index (χ4n) is 2.65. The van der Waals surface area contributed by atoms with Crippen molar-refractivity contribution in [2.24, 2.45) is 0 Å². The third-order valence-corrected chi connectivity index (χ3v) is 3.87. The number of pyridine rings is 1. The van der Waals surface area contributed by atoms with Crippen LogP contribution in [0.2, 0.25) is 0 Å². The molecule has 1 unspecified atom stereocenters. The Labute approximate surface area is 116 Å². The van der Waals surface area contributed by atoms with Crippen molar-refractivity contribution >= 4 is 5.82 Å². The summed E-state index contributed by atoms with van der Waals surface area (Å²) in [5.41, 5.74) is 1.04. The Hall–Kier alpha value is -1.29. The average Bonchev–Trinajstić information content (AvgIpc) is 2.64. The van der Waals surface area contributed by atoms with Crippen molar-refractivity contribution in [3.63, 3.8) is 0 Å². The smallest absolute Gasteiger partial charge is 0.171 e. The van der Waals surface area contributed by atoms with Gasteiger partial charge in [0.25, 0.3) is 0 Å². The van der Waals surface area contributed by atoms with Gasteiger partial charge in [0.15, 0.2) is 11.6 Å². The molecule has 106 valence electrons. The summed E-state index contributed by atoms with van der Waals surface area (Å²) in [6, 6.07) is 4.62. The zero-order valence-electron chi connectivity index (χ0n) is 12.5. The van der Waals surface area contributed by atoms with E-state index in [9.17, 15) is 0 Å². The van der Waals surface area contributed by atoms with Crippen molar-refractivity contribution in [2.45, 2.75) is 32.2 Å². The van der Waals surface area contributed by atoms with E-state index in [1.54, 1.807) is 7.11 Å². The van der Waals surface area contributed by atoms with Gasteiger partial charge in [0.1, 0.15) is 0 Å². The number of hydrogen-bond donors (Lipinski definition) is 0. The molecule has 4 heteroatoms. The number of methoxy groups -OCH3 is 1.